The van der Waals surface area contributed by atoms with Crippen molar-refractivity contribution in [1.82, 2.24) is 5.32 Å². The molecule has 1 amide bonds. The van der Waals surface area contributed by atoms with Crippen LogP contribution in [0.1, 0.15) is 20.3 Å². The first-order valence-corrected chi connectivity index (χ1v) is 4.26. The van der Waals surface area contributed by atoms with Crippen LogP contribution in [0.25, 0.3) is 0 Å². The standard InChI is InChI=1S/C8H16N2O3/c1-3-13-7(11)4-5-10-8(12)6(2)9/h6H,3-5,9H2,1-2H3,(H,10,12)/t6-/m0/s1. The highest BCUT2D eigenvalue weighted by molar-refractivity contribution is 5.81. The molecule has 0 rings (SSSR count). The fourth-order valence-electron chi connectivity index (χ4n) is 0.682. The molecule has 0 aromatic heterocycles. The fourth-order valence-corrected chi connectivity index (χ4v) is 0.682. The van der Waals surface area contributed by atoms with Crippen molar-refractivity contribution in [3.05, 3.63) is 0 Å². The van der Waals surface area contributed by atoms with E-state index < -0.39 is 6.04 Å². The van der Waals surface area contributed by atoms with Crippen LogP contribution < -0.4 is 11.1 Å². The van der Waals surface area contributed by atoms with Gasteiger partial charge in [0.05, 0.1) is 19.1 Å². The van der Waals surface area contributed by atoms with Crippen LogP contribution in [-0.2, 0) is 14.3 Å². The smallest absolute Gasteiger partial charge is 0.307 e. The summed E-state index contributed by atoms with van der Waals surface area (Å²) in [7, 11) is 0. The van der Waals surface area contributed by atoms with E-state index in [4.69, 9.17) is 5.73 Å². The Kier molecular flexibility index (Phi) is 5.88. The van der Waals surface area contributed by atoms with Crippen molar-refractivity contribution >= 4 is 11.9 Å². The van der Waals surface area contributed by atoms with Gasteiger partial charge in [-0.25, -0.2) is 0 Å². The molecule has 0 bridgehead atoms. The lowest BCUT2D eigenvalue weighted by molar-refractivity contribution is -0.143. The monoisotopic (exact) mass is 188 g/mol. The lowest BCUT2D eigenvalue weighted by Gasteiger charge is -2.06. The predicted molar refractivity (Wildman–Crippen MR) is 47.9 cm³/mol. The molecule has 0 saturated carbocycles. The third-order valence-corrected chi connectivity index (χ3v) is 1.35. The zero-order valence-electron chi connectivity index (χ0n) is 8.00. The molecular formula is C8H16N2O3. The molecule has 13 heavy (non-hydrogen) atoms. The van der Waals surface area contributed by atoms with E-state index >= 15 is 0 Å². The minimum atomic E-state index is -0.540. The van der Waals surface area contributed by atoms with Crippen LogP contribution in [0.2, 0.25) is 0 Å². The Labute approximate surface area is 77.6 Å². The molecule has 0 aliphatic heterocycles. The van der Waals surface area contributed by atoms with Gasteiger partial charge in [-0.05, 0) is 13.8 Å². The molecule has 0 saturated heterocycles. The third-order valence-electron chi connectivity index (χ3n) is 1.35. The molecule has 0 aliphatic carbocycles. The van der Waals surface area contributed by atoms with Crippen molar-refractivity contribution in [2.45, 2.75) is 26.3 Å². The molecule has 1 atom stereocenters. The number of rotatable bonds is 5. The molecule has 3 N–H and O–H groups in total. The van der Waals surface area contributed by atoms with Gasteiger partial charge in [-0.3, -0.25) is 9.59 Å². The number of amides is 1. The molecule has 0 unspecified atom stereocenters. The summed E-state index contributed by atoms with van der Waals surface area (Å²) in [6.45, 7) is 3.96. The van der Waals surface area contributed by atoms with Gasteiger partial charge in [0.15, 0.2) is 0 Å². The Hall–Kier alpha value is -1.10. The molecule has 0 heterocycles. The quantitative estimate of drug-likeness (QED) is 0.565. The van der Waals surface area contributed by atoms with Gasteiger partial charge in [-0.1, -0.05) is 0 Å². The van der Waals surface area contributed by atoms with E-state index in [1.165, 1.54) is 0 Å². The Morgan fingerprint density at radius 2 is 2.15 bits per heavy atom. The lowest BCUT2D eigenvalue weighted by atomic mass is 10.3. The van der Waals surface area contributed by atoms with Gasteiger partial charge in [0.1, 0.15) is 0 Å². The SMILES string of the molecule is CCOC(=O)CCNC(=O)[C@H](C)N. The largest absolute Gasteiger partial charge is 0.466 e. The van der Waals surface area contributed by atoms with Crippen molar-refractivity contribution in [3.63, 3.8) is 0 Å². The number of hydrogen-bond donors (Lipinski definition) is 2. The van der Waals surface area contributed by atoms with Crippen LogP contribution >= 0.6 is 0 Å². The van der Waals surface area contributed by atoms with Crippen molar-refractivity contribution in [2.24, 2.45) is 5.73 Å². The summed E-state index contributed by atoms with van der Waals surface area (Å²) in [5.74, 6) is -0.572. The molecule has 0 aromatic rings. The maximum atomic E-state index is 10.9. The zero-order chi connectivity index (χ0) is 10.3. The Bertz CT molecular complexity index is 180. The van der Waals surface area contributed by atoms with Crippen molar-refractivity contribution in [1.29, 1.82) is 0 Å². The van der Waals surface area contributed by atoms with Crippen LogP contribution in [0.15, 0.2) is 0 Å². The third kappa shape index (κ3) is 6.10. The van der Waals surface area contributed by atoms with E-state index in [9.17, 15) is 9.59 Å². The highest BCUT2D eigenvalue weighted by Crippen LogP contribution is 1.84. The molecule has 0 fully saturated rings. The number of ether oxygens (including phenoxy) is 1. The maximum absolute atomic E-state index is 10.9. The Balaban J connectivity index is 3.45. The summed E-state index contributed by atoms with van der Waals surface area (Å²) in [5, 5.41) is 2.51. The molecule has 5 heteroatoms. The number of hydrogen-bond acceptors (Lipinski definition) is 4. The number of carbonyl (C=O) groups is 2. The van der Waals surface area contributed by atoms with Gasteiger partial charge in [-0.2, -0.15) is 0 Å². The minimum Gasteiger partial charge on any atom is -0.466 e. The van der Waals surface area contributed by atoms with E-state index in [0.717, 1.165) is 0 Å². The van der Waals surface area contributed by atoms with Crippen molar-refractivity contribution < 1.29 is 14.3 Å². The first-order valence-electron chi connectivity index (χ1n) is 4.26. The second-order valence-electron chi connectivity index (χ2n) is 2.63. The molecule has 0 aliphatic rings. The maximum Gasteiger partial charge on any atom is 0.307 e. The normalized spacial score (nSPS) is 11.9. The summed E-state index contributed by atoms with van der Waals surface area (Å²) < 4.78 is 4.66. The highest BCUT2D eigenvalue weighted by atomic mass is 16.5. The fraction of sp³-hybridized carbons (Fsp3) is 0.750. The number of carbonyl (C=O) groups excluding carboxylic acids is 2. The molecule has 76 valence electrons. The van der Waals surface area contributed by atoms with Crippen LogP contribution in [0, 0.1) is 0 Å². The average molecular weight is 188 g/mol. The highest BCUT2D eigenvalue weighted by Gasteiger charge is 2.07. The van der Waals surface area contributed by atoms with E-state index in [1.807, 2.05) is 0 Å². The molecule has 0 aromatic carbocycles. The van der Waals surface area contributed by atoms with E-state index in [1.54, 1.807) is 13.8 Å². The van der Waals surface area contributed by atoms with Crippen LogP contribution in [0.4, 0.5) is 0 Å². The Morgan fingerprint density at radius 3 is 2.62 bits per heavy atom. The van der Waals surface area contributed by atoms with E-state index in [-0.39, 0.29) is 24.8 Å². The zero-order valence-corrected chi connectivity index (χ0v) is 8.00. The topological polar surface area (TPSA) is 81.4 Å². The molecule has 0 spiro atoms. The van der Waals surface area contributed by atoms with Crippen molar-refractivity contribution in [3.8, 4) is 0 Å². The number of nitrogens with one attached hydrogen (secondary N) is 1. The van der Waals surface area contributed by atoms with Gasteiger partial charge < -0.3 is 15.8 Å². The average Bonchev–Trinajstić information content (AvgIpc) is 2.04. The summed E-state index contributed by atoms with van der Waals surface area (Å²) in [5.41, 5.74) is 5.28. The summed E-state index contributed by atoms with van der Waals surface area (Å²) in [4.78, 5) is 21.7. The van der Waals surface area contributed by atoms with Crippen LogP contribution in [-0.4, -0.2) is 31.1 Å². The predicted octanol–water partition coefficient (Wildman–Crippen LogP) is -0.597. The number of esters is 1. The van der Waals surface area contributed by atoms with Gasteiger partial charge in [0.2, 0.25) is 5.91 Å². The second kappa shape index (κ2) is 6.42. The van der Waals surface area contributed by atoms with Crippen LogP contribution in [0.5, 0.6) is 0 Å². The van der Waals surface area contributed by atoms with Gasteiger partial charge in [0.25, 0.3) is 0 Å². The summed E-state index contributed by atoms with van der Waals surface area (Å²) in [6.07, 6.45) is 0.187. The molecule has 0 radical (unpaired) electrons. The van der Waals surface area contributed by atoms with Crippen molar-refractivity contribution in [2.75, 3.05) is 13.2 Å². The first kappa shape index (κ1) is 11.9. The summed E-state index contributed by atoms with van der Waals surface area (Å²) in [6, 6.07) is -0.540. The van der Waals surface area contributed by atoms with E-state index in [0.29, 0.717) is 6.61 Å². The number of nitrogens with two attached hydrogens (primary N) is 1. The van der Waals surface area contributed by atoms with Gasteiger partial charge in [-0.15, -0.1) is 0 Å². The summed E-state index contributed by atoms with van der Waals surface area (Å²) >= 11 is 0. The minimum absolute atomic E-state index is 0.187. The van der Waals surface area contributed by atoms with E-state index in [2.05, 4.69) is 10.1 Å². The van der Waals surface area contributed by atoms with Crippen LogP contribution in [0.3, 0.4) is 0 Å². The molecule has 5 nitrogen and oxygen atoms in total. The Morgan fingerprint density at radius 1 is 1.54 bits per heavy atom. The molecular weight excluding hydrogens is 172 g/mol. The second-order valence-corrected chi connectivity index (χ2v) is 2.63. The lowest BCUT2D eigenvalue weighted by Crippen LogP contribution is -2.39. The first-order chi connectivity index (χ1) is 6.07. The van der Waals surface area contributed by atoms with Gasteiger partial charge in [0, 0.05) is 6.54 Å². The van der Waals surface area contributed by atoms with Gasteiger partial charge >= 0.3 is 5.97 Å².